The van der Waals surface area contributed by atoms with Gasteiger partial charge in [-0.05, 0) is 38.4 Å². The van der Waals surface area contributed by atoms with Crippen molar-refractivity contribution in [2.75, 3.05) is 31.9 Å². The number of hydrogen-bond donors (Lipinski definition) is 0. The molecule has 0 saturated heterocycles. The van der Waals surface area contributed by atoms with Crippen molar-refractivity contribution in [3.63, 3.8) is 0 Å². The van der Waals surface area contributed by atoms with E-state index in [1.807, 2.05) is 0 Å². The Morgan fingerprint density at radius 3 is 2.83 bits per heavy atom. The highest BCUT2D eigenvalue weighted by Crippen LogP contribution is 2.44. The molecule has 124 valence electrons. The van der Waals surface area contributed by atoms with Crippen LogP contribution in [0.4, 0.5) is 0 Å². The molecular weight excluding hydrogens is 286 g/mol. The standard InChI is InChI=1S/C19H27N3O/c1-4-8-14-13-21(23-5-2)22-17-10-7-6-9-15(17)16-11-12-20(3)18(14)19(16)22/h6-7,9-10,14,18H,4-5,8,11-13H2,1-3H3. The number of fused-ring (bicyclic) bond motifs is 3. The molecule has 0 radical (unpaired) electrons. The molecule has 0 bridgehead atoms. The zero-order valence-corrected chi connectivity index (χ0v) is 14.5. The molecule has 0 amide bonds. The quantitative estimate of drug-likeness (QED) is 0.862. The Morgan fingerprint density at radius 2 is 2.04 bits per heavy atom. The van der Waals surface area contributed by atoms with Crippen molar-refractivity contribution in [3.8, 4) is 0 Å². The first-order valence-corrected chi connectivity index (χ1v) is 8.99. The monoisotopic (exact) mass is 313 g/mol. The van der Waals surface area contributed by atoms with E-state index in [-0.39, 0.29) is 0 Å². The van der Waals surface area contributed by atoms with E-state index in [9.17, 15) is 0 Å². The van der Waals surface area contributed by atoms with Crippen molar-refractivity contribution in [3.05, 3.63) is 35.5 Å². The summed E-state index contributed by atoms with van der Waals surface area (Å²) in [6, 6.07) is 9.32. The van der Waals surface area contributed by atoms with Crippen LogP contribution in [0.1, 0.15) is 44.0 Å². The van der Waals surface area contributed by atoms with Crippen LogP contribution in [0.5, 0.6) is 0 Å². The Hall–Kier alpha value is -1.52. The molecular formula is C19H27N3O. The normalized spacial score (nSPS) is 24.2. The molecule has 2 unspecified atom stereocenters. The van der Waals surface area contributed by atoms with Crippen molar-refractivity contribution >= 4 is 10.9 Å². The largest absolute Gasteiger partial charge is 0.297 e. The maximum atomic E-state index is 6.04. The fourth-order valence-corrected chi connectivity index (χ4v) is 4.60. The first-order valence-electron chi connectivity index (χ1n) is 8.99. The summed E-state index contributed by atoms with van der Waals surface area (Å²) in [5.41, 5.74) is 4.30. The zero-order chi connectivity index (χ0) is 16.0. The number of para-hydroxylation sites is 1. The molecule has 3 heterocycles. The lowest BCUT2D eigenvalue weighted by molar-refractivity contribution is 0.0156. The van der Waals surface area contributed by atoms with Gasteiger partial charge < -0.3 is 0 Å². The molecule has 2 aromatic rings. The second kappa shape index (κ2) is 5.84. The molecule has 4 rings (SSSR count). The van der Waals surface area contributed by atoms with Crippen molar-refractivity contribution in [1.29, 1.82) is 0 Å². The van der Waals surface area contributed by atoms with Crippen molar-refractivity contribution < 1.29 is 4.84 Å². The molecule has 23 heavy (non-hydrogen) atoms. The Morgan fingerprint density at radius 1 is 1.22 bits per heavy atom. The summed E-state index contributed by atoms with van der Waals surface area (Å²) in [5.74, 6) is 0.632. The van der Waals surface area contributed by atoms with Gasteiger partial charge in [0.2, 0.25) is 0 Å². The predicted molar refractivity (Wildman–Crippen MR) is 94.1 cm³/mol. The minimum absolute atomic E-state index is 0.516. The fourth-order valence-electron chi connectivity index (χ4n) is 4.60. The minimum Gasteiger partial charge on any atom is -0.297 e. The van der Waals surface area contributed by atoms with E-state index in [4.69, 9.17) is 4.84 Å². The van der Waals surface area contributed by atoms with Gasteiger partial charge in [0.15, 0.2) is 0 Å². The predicted octanol–water partition coefficient (Wildman–Crippen LogP) is 3.49. The SMILES string of the molecule is CCCC1CN(OCC)n2c3c(c4ccccc42)CCN(C)C31. The molecule has 4 heteroatoms. The van der Waals surface area contributed by atoms with Crippen molar-refractivity contribution in [2.45, 2.75) is 39.2 Å². The van der Waals surface area contributed by atoms with E-state index < -0.39 is 0 Å². The number of benzene rings is 1. The van der Waals surface area contributed by atoms with Crippen LogP contribution in [0.15, 0.2) is 24.3 Å². The van der Waals surface area contributed by atoms with E-state index in [2.05, 4.69) is 59.9 Å². The van der Waals surface area contributed by atoms with Crippen LogP contribution in [-0.4, -0.2) is 36.3 Å². The fraction of sp³-hybridized carbons (Fsp3) is 0.579. The second-order valence-electron chi connectivity index (χ2n) is 6.87. The van der Waals surface area contributed by atoms with E-state index in [1.165, 1.54) is 35.0 Å². The number of hydrogen-bond acceptors (Lipinski definition) is 3. The van der Waals surface area contributed by atoms with Gasteiger partial charge in [0.05, 0.1) is 30.4 Å². The summed E-state index contributed by atoms with van der Waals surface area (Å²) < 4.78 is 2.36. The van der Waals surface area contributed by atoms with Gasteiger partial charge in [-0.25, -0.2) is 4.68 Å². The lowest BCUT2D eigenvalue weighted by Gasteiger charge is -2.46. The maximum absolute atomic E-state index is 6.04. The van der Waals surface area contributed by atoms with Crippen LogP contribution in [0, 0.1) is 5.92 Å². The van der Waals surface area contributed by atoms with Gasteiger partial charge in [0.1, 0.15) is 0 Å². The van der Waals surface area contributed by atoms with Crippen LogP contribution in [-0.2, 0) is 11.3 Å². The highest BCUT2D eigenvalue weighted by Gasteiger charge is 2.41. The number of nitrogens with zero attached hydrogens (tertiary/aromatic N) is 3. The number of hydroxylamine groups is 1. The molecule has 0 saturated carbocycles. The van der Waals surface area contributed by atoms with Gasteiger partial charge in [0, 0.05) is 17.8 Å². The lowest BCUT2D eigenvalue weighted by atomic mass is 9.85. The molecule has 0 spiro atoms. The number of rotatable bonds is 4. The molecule has 1 aromatic carbocycles. The lowest BCUT2D eigenvalue weighted by Crippen LogP contribution is -2.51. The van der Waals surface area contributed by atoms with E-state index in [1.54, 1.807) is 0 Å². The summed E-state index contributed by atoms with van der Waals surface area (Å²) in [4.78, 5) is 8.59. The van der Waals surface area contributed by atoms with Crippen molar-refractivity contribution in [2.24, 2.45) is 5.92 Å². The van der Waals surface area contributed by atoms with Gasteiger partial charge >= 0.3 is 0 Å². The van der Waals surface area contributed by atoms with Gasteiger partial charge in [-0.1, -0.05) is 31.5 Å². The van der Waals surface area contributed by atoms with Crippen molar-refractivity contribution in [1.82, 2.24) is 9.58 Å². The van der Waals surface area contributed by atoms with Crippen LogP contribution in [0.2, 0.25) is 0 Å². The number of aromatic nitrogens is 1. The third-order valence-electron chi connectivity index (χ3n) is 5.46. The Bertz CT molecular complexity index is 708. The van der Waals surface area contributed by atoms with E-state index in [0.29, 0.717) is 18.6 Å². The summed E-state index contributed by atoms with van der Waals surface area (Å²) in [5, 5.41) is 3.53. The summed E-state index contributed by atoms with van der Waals surface area (Å²) >= 11 is 0. The number of likely N-dealkylation sites (N-methyl/N-ethyl adjacent to an activating group) is 1. The molecule has 2 atom stereocenters. The van der Waals surface area contributed by atoms with Gasteiger partial charge in [-0.15, -0.1) is 0 Å². The topological polar surface area (TPSA) is 20.6 Å². The van der Waals surface area contributed by atoms with Crippen LogP contribution in [0.3, 0.4) is 0 Å². The Labute approximate surface area is 138 Å². The summed E-state index contributed by atoms with van der Waals surface area (Å²) in [6.07, 6.45) is 3.61. The van der Waals surface area contributed by atoms with Crippen LogP contribution < -0.4 is 5.17 Å². The van der Waals surface area contributed by atoms with E-state index >= 15 is 0 Å². The second-order valence-corrected chi connectivity index (χ2v) is 6.87. The molecule has 0 fully saturated rings. The highest BCUT2D eigenvalue weighted by molar-refractivity contribution is 5.86. The molecule has 0 N–H and O–H groups in total. The minimum atomic E-state index is 0.516. The van der Waals surface area contributed by atoms with Crippen LogP contribution in [0.25, 0.3) is 10.9 Å². The summed E-state index contributed by atoms with van der Waals surface area (Å²) in [6.45, 7) is 7.20. The smallest absolute Gasteiger partial charge is 0.0738 e. The van der Waals surface area contributed by atoms with E-state index in [0.717, 1.165) is 19.5 Å². The van der Waals surface area contributed by atoms with Gasteiger partial charge in [-0.3, -0.25) is 9.74 Å². The van der Waals surface area contributed by atoms with Gasteiger partial charge in [-0.2, -0.15) is 5.17 Å². The van der Waals surface area contributed by atoms with Gasteiger partial charge in [0.25, 0.3) is 0 Å². The average molecular weight is 313 g/mol. The Kier molecular flexibility index (Phi) is 3.82. The molecule has 4 nitrogen and oxygen atoms in total. The summed E-state index contributed by atoms with van der Waals surface area (Å²) in [7, 11) is 2.29. The Balaban J connectivity index is 1.95. The third-order valence-corrected chi connectivity index (χ3v) is 5.46. The third kappa shape index (κ3) is 2.19. The molecule has 1 aromatic heterocycles. The van der Waals surface area contributed by atoms with Crippen LogP contribution >= 0.6 is 0 Å². The zero-order valence-electron chi connectivity index (χ0n) is 14.5. The molecule has 2 aliphatic rings. The maximum Gasteiger partial charge on any atom is 0.0738 e. The first kappa shape index (κ1) is 15.0. The first-order chi connectivity index (χ1) is 11.3. The highest BCUT2D eigenvalue weighted by atomic mass is 16.7. The molecule has 2 aliphatic heterocycles. The molecule has 0 aliphatic carbocycles. The average Bonchev–Trinajstić information content (AvgIpc) is 2.89.